The highest BCUT2D eigenvalue weighted by atomic mass is 16.5. The zero-order chi connectivity index (χ0) is 18.9. The third kappa shape index (κ3) is 3.85. The Morgan fingerprint density at radius 2 is 2.00 bits per heavy atom. The van der Waals surface area contributed by atoms with E-state index in [-0.39, 0.29) is 17.6 Å². The van der Waals surface area contributed by atoms with Crippen molar-refractivity contribution in [3.63, 3.8) is 0 Å². The molecule has 3 rings (SSSR count). The van der Waals surface area contributed by atoms with Crippen LogP contribution in [0.3, 0.4) is 0 Å². The first kappa shape index (κ1) is 18.3. The Kier molecular flexibility index (Phi) is 4.94. The molecule has 1 aliphatic rings. The molecule has 1 heterocycles. The van der Waals surface area contributed by atoms with E-state index in [9.17, 15) is 4.79 Å². The van der Waals surface area contributed by atoms with Gasteiger partial charge in [0.15, 0.2) is 0 Å². The second-order valence-corrected chi connectivity index (χ2v) is 7.55. The molecule has 0 unspecified atom stereocenters. The van der Waals surface area contributed by atoms with E-state index in [0.717, 1.165) is 34.6 Å². The number of carbonyl (C=O) groups excluding carboxylic acids is 1. The maximum Gasteiger partial charge on any atom is 0.251 e. The SMILES string of the molecule is CCOc1ccc(C(=O)N[C@H]2CC(C)(C)Oc3ccc(C)cc32)cc1C. The lowest BCUT2D eigenvalue weighted by molar-refractivity contribution is 0.0619. The summed E-state index contributed by atoms with van der Waals surface area (Å²) in [6, 6.07) is 11.6. The van der Waals surface area contributed by atoms with E-state index >= 15 is 0 Å². The van der Waals surface area contributed by atoms with E-state index < -0.39 is 0 Å². The first-order valence-electron chi connectivity index (χ1n) is 9.13. The zero-order valence-electron chi connectivity index (χ0n) is 16.2. The Morgan fingerprint density at radius 3 is 2.69 bits per heavy atom. The topological polar surface area (TPSA) is 47.6 Å². The van der Waals surface area contributed by atoms with Crippen molar-refractivity contribution < 1.29 is 14.3 Å². The van der Waals surface area contributed by atoms with Crippen LogP contribution in [0, 0.1) is 13.8 Å². The number of amides is 1. The van der Waals surface area contributed by atoms with Crippen LogP contribution < -0.4 is 14.8 Å². The predicted molar refractivity (Wildman–Crippen MR) is 103 cm³/mol. The van der Waals surface area contributed by atoms with Crippen LogP contribution in [-0.4, -0.2) is 18.1 Å². The van der Waals surface area contributed by atoms with E-state index in [1.165, 1.54) is 0 Å². The molecular formula is C22H27NO3. The van der Waals surface area contributed by atoms with Crippen molar-refractivity contribution in [3.05, 3.63) is 58.7 Å². The van der Waals surface area contributed by atoms with Gasteiger partial charge in [-0.15, -0.1) is 0 Å². The van der Waals surface area contributed by atoms with Crippen LogP contribution in [0.5, 0.6) is 11.5 Å². The Labute approximate surface area is 155 Å². The smallest absolute Gasteiger partial charge is 0.251 e. The summed E-state index contributed by atoms with van der Waals surface area (Å²) in [5.41, 5.74) is 3.48. The number of rotatable bonds is 4. The van der Waals surface area contributed by atoms with Crippen LogP contribution in [0.4, 0.5) is 0 Å². The first-order valence-corrected chi connectivity index (χ1v) is 9.13. The number of carbonyl (C=O) groups is 1. The number of aryl methyl sites for hydroxylation is 2. The maximum absolute atomic E-state index is 12.8. The Balaban J connectivity index is 1.85. The predicted octanol–water partition coefficient (Wildman–Crippen LogP) is 4.73. The van der Waals surface area contributed by atoms with Gasteiger partial charge in [-0.2, -0.15) is 0 Å². The van der Waals surface area contributed by atoms with Gasteiger partial charge in [0.05, 0.1) is 12.6 Å². The van der Waals surface area contributed by atoms with Gasteiger partial charge in [-0.3, -0.25) is 4.79 Å². The minimum absolute atomic E-state index is 0.0759. The van der Waals surface area contributed by atoms with E-state index in [0.29, 0.717) is 12.2 Å². The molecule has 0 aliphatic carbocycles. The van der Waals surface area contributed by atoms with Crippen LogP contribution in [0.15, 0.2) is 36.4 Å². The molecule has 0 aromatic heterocycles. The molecule has 4 heteroatoms. The number of hydrogen-bond acceptors (Lipinski definition) is 3. The standard InChI is InChI=1S/C22H27NO3/c1-6-25-19-10-8-16(12-15(19)3)21(24)23-18-13-22(4,5)26-20-9-7-14(2)11-17(18)20/h7-12,18H,6,13H2,1-5H3,(H,23,24)/t18-/m0/s1. The first-order chi connectivity index (χ1) is 12.3. The van der Waals surface area contributed by atoms with Gasteiger partial charge in [0.2, 0.25) is 0 Å². The fourth-order valence-corrected chi connectivity index (χ4v) is 3.45. The molecule has 1 atom stereocenters. The molecule has 1 amide bonds. The van der Waals surface area contributed by atoms with Crippen LogP contribution in [0.1, 0.15) is 60.3 Å². The third-order valence-electron chi connectivity index (χ3n) is 4.66. The maximum atomic E-state index is 12.8. The van der Waals surface area contributed by atoms with Gasteiger partial charge in [-0.1, -0.05) is 17.7 Å². The van der Waals surface area contributed by atoms with Crippen molar-refractivity contribution in [2.45, 2.75) is 52.7 Å². The Morgan fingerprint density at radius 1 is 1.23 bits per heavy atom. The largest absolute Gasteiger partial charge is 0.494 e. The summed E-state index contributed by atoms with van der Waals surface area (Å²) in [4.78, 5) is 12.8. The second kappa shape index (κ2) is 7.02. The fraction of sp³-hybridized carbons (Fsp3) is 0.409. The monoisotopic (exact) mass is 353 g/mol. The van der Waals surface area contributed by atoms with Crippen molar-refractivity contribution in [2.75, 3.05) is 6.61 Å². The minimum Gasteiger partial charge on any atom is -0.494 e. The summed E-state index contributed by atoms with van der Waals surface area (Å²) in [5.74, 6) is 1.59. The fourth-order valence-electron chi connectivity index (χ4n) is 3.45. The second-order valence-electron chi connectivity index (χ2n) is 7.55. The van der Waals surface area contributed by atoms with Gasteiger partial charge in [-0.25, -0.2) is 0 Å². The summed E-state index contributed by atoms with van der Waals surface area (Å²) >= 11 is 0. The number of hydrogen-bond donors (Lipinski definition) is 1. The molecule has 0 bridgehead atoms. The number of ether oxygens (including phenoxy) is 2. The molecule has 2 aromatic rings. The zero-order valence-corrected chi connectivity index (χ0v) is 16.2. The van der Waals surface area contributed by atoms with E-state index in [4.69, 9.17) is 9.47 Å². The summed E-state index contributed by atoms with van der Waals surface area (Å²) in [7, 11) is 0. The average Bonchev–Trinajstić information content (AvgIpc) is 2.56. The summed E-state index contributed by atoms with van der Waals surface area (Å²) in [5, 5.41) is 3.19. The lowest BCUT2D eigenvalue weighted by Gasteiger charge is -2.38. The quantitative estimate of drug-likeness (QED) is 0.864. The lowest BCUT2D eigenvalue weighted by atomic mass is 9.88. The Bertz CT molecular complexity index is 826. The van der Waals surface area contributed by atoms with Crippen molar-refractivity contribution in [1.82, 2.24) is 5.32 Å². The third-order valence-corrected chi connectivity index (χ3v) is 4.66. The summed E-state index contributed by atoms with van der Waals surface area (Å²) in [6.45, 7) is 10.7. The van der Waals surface area contributed by atoms with Gasteiger partial charge in [0.25, 0.3) is 5.91 Å². The average molecular weight is 353 g/mol. The molecule has 1 aliphatic heterocycles. The molecule has 26 heavy (non-hydrogen) atoms. The molecule has 0 radical (unpaired) electrons. The van der Waals surface area contributed by atoms with Crippen LogP contribution in [0.2, 0.25) is 0 Å². The van der Waals surface area contributed by atoms with Gasteiger partial charge in [0, 0.05) is 17.5 Å². The normalized spacial score (nSPS) is 17.8. The molecule has 0 saturated heterocycles. The van der Waals surface area contributed by atoms with Gasteiger partial charge < -0.3 is 14.8 Å². The van der Waals surface area contributed by atoms with E-state index in [1.807, 2.05) is 44.2 Å². The van der Waals surface area contributed by atoms with Crippen molar-refractivity contribution in [1.29, 1.82) is 0 Å². The van der Waals surface area contributed by atoms with Crippen LogP contribution in [-0.2, 0) is 0 Å². The number of fused-ring (bicyclic) bond motifs is 1. The molecule has 0 fully saturated rings. The van der Waals surface area contributed by atoms with Crippen LogP contribution >= 0.6 is 0 Å². The molecule has 138 valence electrons. The van der Waals surface area contributed by atoms with Gasteiger partial charge in [-0.05, 0) is 64.4 Å². The lowest BCUT2D eigenvalue weighted by Crippen LogP contribution is -2.41. The highest BCUT2D eigenvalue weighted by molar-refractivity contribution is 5.95. The van der Waals surface area contributed by atoms with Crippen LogP contribution in [0.25, 0.3) is 0 Å². The molecule has 0 spiro atoms. The highest BCUT2D eigenvalue weighted by Crippen LogP contribution is 2.40. The Hall–Kier alpha value is -2.49. The number of benzene rings is 2. The number of nitrogens with one attached hydrogen (secondary N) is 1. The van der Waals surface area contributed by atoms with Crippen molar-refractivity contribution >= 4 is 5.91 Å². The summed E-state index contributed by atoms with van der Waals surface area (Å²) < 4.78 is 11.6. The van der Waals surface area contributed by atoms with E-state index in [2.05, 4.69) is 32.2 Å². The molecule has 2 aromatic carbocycles. The van der Waals surface area contributed by atoms with Crippen molar-refractivity contribution in [3.8, 4) is 11.5 Å². The van der Waals surface area contributed by atoms with Gasteiger partial charge >= 0.3 is 0 Å². The molecular weight excluding hydrogens is 326 g/mol. The molecule has 1 N–H and O–H groups in total. The minimum atomic E-state index is -0.324. The van der Waals surface area contributed by atoms with E-state index in [1.54, 1.807) is 0 Å². The highest BCUT2D eigenvalue weighted by Gasteiger charge is 2.34. The molecule has 0 saturated carbocycles. The summed E-state index contributed by atoms with van der Waals surface area (Å²) in [6.07, 6.45) is 0.727. The van der Waals surface area contributed by atoms with Gasteiger partial charge in [0.1, 0.15) is 17.1 Å². The van der Waals surface area contributed by atoms with Crippen molar-refractivity contribution in [2.24, 2.45) is 0 Å². The molecule has 4 nitrogen and oxygen atoms in total.